The van der Waals surface area contributed by atoms with E-state index in [1.807, 2.05) is 0 Å². The van der Waals surface area contributed by atoms with Gasteiger partial charge < -0.3 is 4.84 Å². The quantitative estimate of drug-likeness (QED) is 0.596. The van der Waals surface area contributed by atoms with Crippen molar-refractivity contribution in [3.05, 3.63) is 29.3 Å². The van der Waals surface area contributed by atoms with Gasteiger partial charge in [-0.15, -0.1) is 0 Å². The lowest BCUT2D eigenvalue weighted by Crippen LogP contribution is -2.06. The van der Waals surface area contributed by atoms with Gasteiger partial charge in [0.15, 0.2) is 9.84 Å². The summed E-state index contributed by atoms with van der Waals surface area (Å²) in [5, 5.41) is 3.60. The zero-order valence-corrected chi connectivity index (χ0v) is 10.4. The molecular weight excluding hydrogens is 226 g/mol. The van der Waals surface area contributed by atoms with Gasteiger partial charge in [0.2, 0.25) is 0 Å². The summed E-state index contributed by atoms with van der Waals surface area (Å²) in [7, 11) is -1.74. The molecule has 0 radical (unpaired) electrons. The Morgan fingerprint density at radius 3 is 2.69 bits per heavy atom. The molecule has 0 bridgehead atoms. The van der Waals surface area contributed by atoms with Crippen LogP contribution in [0.25, 0.3) is 0 Å². The predicted molar refractivity (Wildman–Crippen MR) is 63.5 cm³/mol. The van der Waals surface area contributed by atoms with Gasteiger partial charge in [-0.3, -0.25) is 0 Å². The largest absolute Gasteiger partial charge is 0.399 e. The van der Waals surface area contributed by atoms with E-state index in [0.717, 1.165) is 5.56 Å². The first kappa shape index (κ1) is 12.7. The minimum absolute atomic E-state index is 0.0959. The van der Waals surface area contributed by atoms with E-state index in [-0.39, 0.29) is 5.75 Å². The average Bonchev–Trinajstić information content (AvgIpc) is 2.27. The van der Waals surface area contributed by atoms with Crippen LogP contribution in [0.15, 0.2) is 28.3 Å². The fourth-order valence-electron chi connectivity index (χ4n) is 1.30. The molecule has 0 atom stereocenters. The number of benzene rings is 1. The van der Waals surface area contributed by atoms with Crippen LogP contribution in [0, 0.1) is 6.92 Å². The summed E-state index contributed by atoms with van der Waals surface area (Å²) in [5.74, 6) is 0.0959. The first-order valence-electron chi connectivity index (χ1n) is 4.91. The van der Waals surface area contributed by atoms with Gasteiger partial charge in [-0.1, -0.05) is 24.2 Å². The Morgan fingerprint density at radius 2 is 2.12 bits per heavy atom. The third kappa shape index (κ3) is 2.82. The maximum Gasteiger partial charge on any atom is 0.178 e. The second kappa shape index (κ2) is 5.12. The molecule has 1 rings (SSSR count). The van der Waals surface area contributed by atoms with E-state index in [9.17, 15) is 8.42 Å². The van der Waals surface area contributed by atoms with E-state index >= 15 is 0 Å². The van der Waals surface area contributed by atoms with E-state index in [1.54, 1.807) is 32.0 Å². The lowest BCUT2D eigenvalue weighted by atomic mass is 10.2. The molecular formula is C11H15NO3S. The minimum Gasteiger partial charge on any atom is -0.399 e. The van der Waals surface area contributed by atoms with Gasteiger partial charge in [-0.2, -0.15) is 0 Å². The van der Waals surface area contributed by atoms with Crippen LogP contribution in [0.3, 0.4) is 0 Å². The summed E-state index contributed by atoms with van der Waals surface area (Å²) >= 11 is 0. The maximum atomic E-state index is 11.8. The highest BCUT2D eigenvalue weighted by molar-refractivity contribution is 7.91. The van der Waals surface area contributed by atoms with Gasteiger partial charge >= 0.3 is 0 Å². The zero-order chi connectivity index (χ0) is 12.2. The first-order valence-corrected chi connectivity index (χ1v) is 6.56. The highest BCUT2D eigenvalue weighted by Crippen LogP contribution is 2.17. The third-order valence-corrected chi connectivity index (χ3v) is 4.10. The van der Waals surface area contributed by atoms with Crippen molar-refractivity contribution in [3.63, 3.8) is 0 Å². The summed E-state index contributed by atoms with van der Waals surface area (Å²) < 4.78 is 23.5. The zero-order valence-electron chi connectivity index (χ0n) is 9.60. The van der Waals surface area contributed by atoms with Crippen LogP contribution in [0.2, 0.25) is 0 Å². The molecule has 0 aliphatic rings. The van der Waals surface area contributed by atoms with Gasteiger partial charge in [0.1, 0.15) is 7.11 Å². The molecule has 88 valence electrons. The Labute approximate surface area is 95.8 Å². The van der Waals surface area contributed by atoms with Crippen molar-refractivity contribution >= 4 is 16.1 Å². The molecule has 0 aliphatic carbocycles. The fourth-order valence-corrected chi connectivity index (χ4v) is 2.49. The smallest absolute Gasteiger partial charge is 0.178 e. The Bertz CT molecular complexity index is 492. The summed E-state index contributed by atoms with van der Waals surface area (Å²) in [6.07, 6.45) is 1.48. The molecule has 1 aromatic rings. The van der Waals surface area contributed by atoms with Crippen LogP contribution in [0.4, 0.5) is 0 Å². The van der Waals surface area contributed by atoms with Gasteiger partial charge in [0, 0.05) is 0 Å². The summed E-state index contributed by atoms with van der Waals surface area (Å²) in [6, 6.07) is 5.17. The molecule has 16 heavy (non-hydrogen) atoms. The van der Waals surface area contributed by atoms with Crippen molar-refractivity contribution in [1.29, 1.82) is 0 Å². The molecule has 0 fully saturated rings. The molecule has 0 heterocycles. The normalized spacial score (nSPS) is 11.9. The van der Waals surface area contributed by atoms with Gasteiger partial charge in [0.25, 0.3) is 0 Å². The number of hydrogen-bond acceptors (Lipinski definition) is 4. The van der Waals surface area contributed by atoms with Gasteiger partial charge in [0.05, 0.1) is 16.9 Å². The van der Waals surface area contributed by atoms with Gasteiger partial charge in [-0.05, 0) is 24.1 Å². The minimum atomic E-state index is -3.18. The topological polar surface area (TPSA) is 55.7 Å². The number of rotatable bonds is 4. The maximum absolute atomic E-state index is 11.8. The Balaban J connectivity index is 3.24. The molecule has 0 aromatic heterocycles. The lowest BCUT2D eigenvalue weighted by molar-refractivity contribution is 0.215. The summed E-state index contributed by atoms with van der Waals surface area (Å²) in [4.78, 5) is 4.90. The Kier molecular flexibility index (Phi) is 4.06. The van der Waals surface area contributed by atoms with E-state index in [4.69, 9.17) is 0 Å². The third-order valence-electron chi connectivity index (χ3n) is 2.23. The summed E-state index contributed by atoms with van der Waals surface area (Å²) in [6.45, 7) is 3.41. The molecule has 5 heteroatoms. The lowest BCUT2D eigenvalue weighted by Gasteiger charge is -2.06. The van der Waals surface area contributed by atoms with Crippen molar-refractivity contribution in [2.45, 2.75) is 18.7 Å². The second-order valence-electron chi connectivity index (χ2n) is 3.35. The molecule has 0 spiro atoms. The van der Waals surface area contributed by atoms with Crippen molar-refractivity contribution in [2.24, 2.45) is 5.16 Å². The predicted octanol–water partition coefficient (Wildman–Crippen LogP) is 1.77. The number of nitrogens with zero attached hydrogens (tertiary/aromatic N) is 1. The Morgan fingerprint density at radius 1 is 1.44 bits per heavy atom. The summed E-state index contributed by atoms with van der Waals surface area (Å²) in [5.41, 5.74) is 1.45. The first-order chi connectivity index (χ1) is 7.51. The Hall–Kier alpha value is -1.36. The highest BCUT2D eigenvalue weighted by Gasteiger charge is 2.14. The number of sulfone groups is 1. The van der Waals surface area contributed by atoms with E-state index in [2.05, 4.69) is 9.99 Å². The molecule has 0 aliphatic heterocycles. The molecule has 0 saturated carbocycles. The van der Waals surface area contributed by atoms with Crippen LogP contribution < -0.4 is 0 Å². The molecule has 1 aromatic carbocycles. The van der Waals surface area contributed by atoms with Crippen LogP contribution >= 0.6 is 0 Å². The number of hydrogen-bond donors (Lipinski definition) is 0. The molecule has 0 N–H and O–H groups in total. The second-order valence-corrected chi connectivity index (χ2v) is 5.59. The standard InChI is InChI=1S/C11H15NO3S/c1-4-16(13,14)11-7-10(8-12-15-3)6-5-9(11)2/h5-8H,4H2,1-3H3/b12-8+. The van der Waals surface area contributed by atoms with Crippen molar-refractivity contribution in [3.8, 4) is 0 Å². The van der Waals surface area contributed by atoms with Crippen molar-refractivity contribution < 1.29 is 13.3 Å². The number of aryl methyl sites for hydroxylation is 1. The SMILES string of the molecule is CCS(=O)(=O)c1cc(/C=N/OC)ccc1C. The highest BCUT2D eigenvalue weighted by atomic mass is 32.2. The molecule has 0 unspecified atom stereocenters. The molecule has 0 amide bonds. The van der Waals surface area contributed by atoms with Crippen molar-refractivity contribution in [1.82, 2.24) is 0 Å². The van der Waals surface area contributed by atoms with E-state index in [1.165, 1.54) is 13.3 Å². The van der Waals surface area contributed by atoms with E-state index < -0.39 is 9.84 Å². The average molecular weight is 241 g/mol. The van der Waals surface area contributed by atoms with Crippen LogP contribution in [0.5, 0.6) is 0 Å². The van der Waals surface area contributed by atoms with Crippen LogP contribution in [-0.2, 0) is 14.7 Å². The number of oxime groups is 1. The monoisotopic (exact) mass is 241 g/mol. The molecule has 4 nitrogen and oxygen atoms in total. The van der Waals surface area contributed by atoms with Gasteiger partial charge in [-0.25, -0.2) is 8.42 Å². The fraction of sp³-hybridized carbons (Fsp3) is 0.364. The van der Waals surface area contributed by atoms with Crippen LogP contribution in [-0.4, -0.2) is 27.5 Å². The van der Waals surface area contributed by atoms with E-state index in [0.29, 0.717) is 10.5 Å². The molecule has 0 saturated heterocycles. The van der Waals surface area contributed by atoms with Crippen molar-refractivity contribution in [2.75, 3.05) is 12.9 Å². The van der Waals surface area contributed by atoms with Crippen LogP contribution in [0.1, 0.15) is 18.1 Å².